The van der Waals surface area contributed by atoms with Gasteiger partial charge in [0.25, 0.3) is 5.91 Å². The third-order valence-corrected chi connectivity index (χ3v) is 3.91. The van der Waals surface area contributed by atoms with Crippen LogP contribution in [-0.2, 0) is 17.8 Å². The first kappa shape index (κ1) is 17.0. The quantitative estimate of drug-likeness (QED) is 0.264. The minimum absolute atomic E-state index is 0.205. The zero-order valence-corrected chi connectivity index (χ0v) is 13.4. The smallest absolute Gasteiger partial charge is 0.271 e. The van der Waals surface area contributed by atoms with Crippen molar-refractivity contribution in [2.45, 2.75) is 19.4 Å². The summed E-state index contributed by atoms with van der Waals surface area (Å²) in [7, 11) is 0. The van der Waals surface area contributed by atoms with Crippen molar-refractivity contribution < 1.29 is 4.79 Å². The molecule has 0 radical (unpaired) electrons. The van der Waals surface area contributed by atoms with E-state index in [2.05, 4.69) is 46.2 Å². The molecule has 0 fully saturated rings. The van der Waals surface area contributed by atoms with Gasteiger partial charge in [-0.2, -0.15) is 5.10 Å². The Labute approximate surface area is 137 Å². The third-order valence-electron chi connectivity index (χ3n) is 3.91. The number of allylic oxidation sites excluding steroid dienone is 2. The molecule has 5 nitrogen and oxygen atoms in total. The second kappa shape index (κ2) is 8.90. The molecule has 1 aliphatic rings. The number of hydrogen-bond acceptors (Lipinski definition) is 4. The van der Waals surface area contributed by atoms with Crippen molar-refractivity contribution in [1.29, 1.82) is 0 Å². The molecule has 0 aromatic heterocycles. The fraction of sp³-hybridized carbons (Fsp3) is 0.333. The van der Waals surface area contributed by atoms with E-state index in [1.807, 2.05) is 0 Å². The predicted octanol–water partition coefficient (Wildman–Crippen LogP) is 1.61. The molecule has 1 heterocycles. The van der Waals surface area contributed by atoms with Gasteiger partial charge in [-0.15, -0.1) is 0 Å². The van der Waals surface area contributed by atoms with Crippen molar-refractivity contribution >= 4 is 11.6 Å². The molecule has 1 aromatic carbocycles. The zero-order chi connectivity index (χ0) is 16.5. The van der Waals surface area contributed by atoms with E-state index < -0.39 is 0 Å². The van der Waals surface area contributed by atoms with Gasteiger partial charge in [0.1, 0.15) is 5.71 Å². The fourth-order valence-electron chi connectivity index (χ4n) is 2.68. The van der Waals surface area contributed by atoms with Crippen LogP contribution in [0.2, 0.25) is 0 Å². The van der Waals surface area contributed by atoms with Gasteiger partial charge in [-0.25, -0.2) is 0 Å². The number of carbonyl (C=O) groups excluding carboxylic acids is 1. The first-order valence-corrected chi connectivity index (χ1v) is 7.89. The van der Waals surface area contributed by atoms with E-state index in [0.717, 1.165) is 32.5 Å². The van der Waals surface area contributed by atoms with Crippen molar-refractivity contribution in [2.24, 2.45) is 10.9 Å². The Morgan fingerprint density at radius 3 is 2.91 bits per heavy atom. The van der Waals surface area contributed by atoms with Gasteiger partial charge in [0, 0.05) is 26.2 Å². The summed E-state index contributed by atoms with van der Waals surface area (Å²) >= 11 is 0. The number of amides is 1. The molecule has 2 rings (SSSR count). The van der Waals surface area contributed by atoms with Gasteiger partial charge in [0.05, 0.1) is 0 Å². The standard InChI is InChI=1S/C18H24N4O/c1-2-3-9-17(21-19)18(23)20-11-6-12-22-13-10-15-7-4-5-8-16(15)14-22/h2-5,7-9H,1,6,10-14,19H2,(H,20,23)/b9-3-,21-17+. The maximum Gasteiger partial charge on any atom is 0.271 e. The van der Waals surface area contributed by atoms with Gasteiger partial charge in [0.15, 0.2) is 0 Å². The highest BCUT2D eigenvalue weighted by Crippen LogP contribution is 2.18. The zero-order valence-electron chi connectivity index (χ0n) is 13.4. The number of rotatable bonds is 7. The monoisotopic (exact) mass is 312 g/mol. The number of hydrogen-bond donors (Lipinski definition) is 2. The van der Waals surface area contributed by atoms with Crippen LogP contribution in [0, 0.1) is 0 Å². The molecule has 3 N–H and O–H groups in total. The van der Waals surface area contributed by atoms with Crippen molar-refractivity contribution in [3.8, 4) is 0 Å². The summed E-state index contributed by atoms with van der Waals surface area (Å²) in [6, 6.07) is 8.59. The number of nitrogens with two attached hydrogens (primary N) is 1. The highest BCUT2D eigenvalue weighted by Gasteiger charge is 2.15. The summed E-state index contributed by atoms with van der Waals surface area (Å²) in [5, 5.41) is 6.32. The first-order valence-electron chi connectivity index (χ1n) is 7.89. The molecule has 0 aliphatic carbocycles. The lowest BCUT2D eigenvalue weighted by Gasteiger charge is -2.28. The van der Waals surface area contributed by atoms with E-state index in [1.165, 1.54) is 11.1 Å². The number of carbonyl (C=O) groups is 1. The SMILES string of the molecule is C=C/C=C\C(=N/N)C(=O)NCCCN1CCc2ccccc2C1. The van der Waals surface area contributed by atoms with Gasteiger partial charge in [-0.3, -0.25) is 9.69 Å². The molecule has 23 heavy (non-hydrogen) atoms. The fourth-order valence-corrected chi connectivity index (χ4v) is 2.68. The van der Waals surface area contributed by atoms with Crippen molar-refractivity contribution in [3.05, 3.63) is 60.2 Å². The largest absolute Gasteiger partial charge is 0.351 e. The molecule has 1 aliphatic heterocycles. The highest BCUT2D eigenvalue weighted by molar-refractivity contribution is 6.43. The molecule has 1 aromatic rings. The summed E-state index contributed by atoms with van der Waals surface area (Å²) in [5.41, 5.74) is 3.07. The molecule has 0 saturated heterocycles. The summed E-state index contributed by atoms with van der Waals surface area (Å²) in [5.74, 6) is 4.96. The van der Waals surface area contributed by atoms with E-state index in [1.54, 1.807) is 18.2 Å². The topological polar surface area (TPSA) is 70.7 Å². The molecule has 0 saturated carbocycles. The summed E-state index contributed by atoms with van der Waals surface area (Å²) in [6.07, 6.45) is 6.75. The molecule has 0 bridgehead atoms. The van der Waals surface area contributed by atoms with Crippen molar-refractivity contribution in [2.75, 3.05) is 19.6 Å². The summed E-state index contributed by atoms with van der Waals surface area (Å²) < 4.78 is 0. The van der Waals surface area contributed by atoms with Crippen LogP contribution in [0.25, 0.3) is 0 Å². The molecule has 0 spiro atoms. The minimum Gasteiger partial charge on any atom is -0.351 e. The van der Waals surface area contributed by atoms with Crippen LogP contribution in [0.4, 0.5) is 0 Å². The van der Waals surface area contributed by atoms with Gasteiger partial charge in [0.2, 0.25) is 0 Å². The van der Waals surface area contributed by atoms with Gasteiger partial charge in [-0.05, 0) is 30.0 Å². The number of hydrazone groups is 1. The number of benzene rings is 1. The van der Waals surface area contributed by atoms with E-state index in [9.17, 15) is 4.79 Å². The first-order chi connectivity index (χ1) is 11.2. The van der Waals surface area contributed by atoms with E-state index in [0.29, 0.717) is 6.54 Å². The van der Waals surface area contributed by atoms with Crippen molar-refractivity contribution in [1.82, 2.24) is 10.2 Å². The van der Waals surface area contributed by atoms with Crippen LogP contribution in [0.15, 0.2) is 54.2 Å². The van der Waals surface area contributed by atoms with E-state index >= 15 is 0 Å². The summed E-state index contributed by atoms with van der Waals surface area (Å²) in [4.78, 5) is 14.3. The number of nitrogens with zero attached hydrogens (tertiary/aromatic N) is 2. The van der Waals surface area contributed by atoms with E-state index in [-0.39, 0.29) is 11.6 Å². The van der Waals surface area contributed by atoms with Crippen LogP contribution in [-0.4, -0.2) is 36.2 Å². The van der Waals surface area contributed by atoms with Gasteiger partial charge < -0.3 is 11.2 Å². The number of fused-ring (bicyclic) bond motifs is 1. The Hall–Kier alpha value is -2.40. The lowest BCUT2D eigenvalue weighted by molar-refractivity contribution is -0.114. The normalized spacial score (nSPS) is 15.4. The molecular formula is C18H24N4O. The van der Waals surface area contributed by atoms with E-state index in [4.69, 9.17) is 5.84 Å². The number of nitrogens with one attached hydrogen (secondary N) is 1. The molecule has 1 amide bonds. The predicted molar refractivity (Wildman–Crippen MR) is 94.0 cm³/mol. The lowest BCUT2D eigenvalue weighted by atomic mass is 10.00. The Morgan fingerprint density at radius 2 is 2.17 bits per heavy atom. The Kier molecular flexibility index (Phi) is 6.56. The molecule has 5 heteroatoms. The van der Waals surface area contributed by atoms with Crippen LogP contribution < -0.4 is 11.2 Å². The van der Waals surface area contributed by atoms with Crippen LogP contribution in [0.1, 0.15) is 17.5 Å². The Balaban J connectivity index is 1.71. The van der Waals surface area contributed by atoms with Crippen LogP contribution in [0.5, 0.6) is 0 Å². The molecule has 122 valence electrons. The van der Waals surface area contributed by atoms with Gasteiger partial charge >= 0.3 is 0 Å². The van der Waals surface area contributed by atoms with Crippen LogP contribution >= 0.6 is 0 Å². The average molecular weight is 312 g/mol. The Bertz CT molecular complexity index is 607. The maximum atomic E-state index is 11.9. The molecule has 0 unspecified atom stereocenters. The van der Waals surface area contributed by atoms with Crippen LogP contribution in [0.3, 0.4) is 0 Å². The highest BCUT2D eigenvalue weighted by atomic mass is 16.1. The lowest BCUT2D eigenvalue weighted by Crippen LogP contribution is -2.35. The second-order valence-electron chi connectivity index (χ2n) is 5.51. The Morgan fingerprint density at radius 1 is 1.39 bits per heavy atom. The third kappa shape index (κ3) is 5.07. The molecule has 0 atom stereocenters. The van der Waals surface area contributed by atoms with Crippen molar-refractivity contribution in [3.63, 3.8) is 0 Å². The molecular weight excluding hydrogens is 288 g/mol. The summed E-state index contributed by atoms with van der Waals surface area (Å²) in [6.45, 7) is 7.18. The second-order valence-corrected chi connectivity index (χ2v) is 5.51. The van der Waals surface area contributed by atoms with Gasteiger partial charge in [-0.1, -0.05) is 43.0 Å². The average Bonchev–Trinajstić information content (AvgIpc) is 2.59. The maximum absolute atomic E-state index is 11.9. The minimum atomic E-state index is -0.255.